The molecule has 0 saturated heterocycles. The highest BCUT2D eigenvalue weighted by Gasteiger charge is 2.36. The van der Waals surface area contributed by atoms with E-state index in [9.17, 15) is 4.79 Å². The van der Waals surface area contributed by atoms with Crippen molar-refractivity contribution in [1.82, 2.24) is 0 Å². The quantitative estimate of drug-likeness (QED) is 0.647. The van der Waals surface area contributed by atoms with Gasteiger partial charge >= 0.3 is 5.97 Å². The Labute approximate surface area is 124 Å². The lowest BCUT2D eigenvalue weighted by Crippen LogP contribution is -2.37. The summed E-state index contributed by atoms with van der Waals surface area (Å²) in [6.45, 7) is 0.563. The minimum absolute atomic E-state index is 0.138. The number of hydrogen-bond donors (Lipinski definition) is 1. The first kappa shape index (κ1) is 15.0. The van der Waals surface area contributed by atoms with E-state index in [2.05, 4.69) is 12.6 Å². The van der Waals surface area contributed by atoms with Crippen LogP contribution in [0.5, 0.6) is 11.5 Å². The van der Waals surface area contributed by atoms with Crippen LogP contribution in [0.3, 0.4) is 0 Å². The van der Waals surface area contributed by atoms with Crippen LogP contribution in [0, 0.1) is 5.41 Å². The van der Waals surface area contributed by atoms with E-state index in [1.54, 1.807) is 25.3 Å². The lowest BCUT2D eigenvalue weighted by atomic mass is 9.71. The first-order valence-corrected chi connectivity index (χ1v) is 7.27. The molecule has 5 heteroatoms. The van der Waals surface area contributed by atoms with E-state index in [1.807, 2.05) is 0 Å². The smallest absolute Gasteiger partial charge is 0.341 e. The molecule has 1 saturated carbocycles. The van der Waals surface area contributed by atoms with Crippen molar-refractivity contribution < 1.29 is 19.0 Å². The first-order valence-electron chi connectivity index (χ1n) is 6.64. The molecule has 0 heterocycles. The van der Waals surface area contributed by atoms with Crippen LogP contribution in [-0.2, 0) is 4.74 Å². The summed E-state index contributed by atoms with van der Waals surface area (Å²) in [4.78, 5) is 11.8. The van der Waals surface area contributed by atoms with Gasteiger partial charge in [0.15, 0.2) is 0 Å². The fourth-order valence-electron chi connectivity index (χ4n) is 2.28. The number of thiol groups is 1. The molecule has 20 heavy (non-hydrogen) atoms. The third kappa shape index (κ3) is 3.03. The van der Waals surface area contributed by atoms with E-state index in [4.69, 9.17) is 14.2 Å². The van der Waals surface area contributed by atoms with Gasteiger partial charge < -0.3 is 14.2 Å². The minimum atomic E-state index is -0.406. The van der Waals surface area contributed by atoms with Gasteiger partial charge in [-0.15, -0.1) is 0 Å². The van der Waals surface area contributed by atoms with Gasteiger partial charge in [0.05, 0.1) is 20.8 Å². The zero-order chi connectivity index (χ0) is 14.6. The van der Waals surface area contributed by atoms with Crippen LogP contribution in [-0.4, -0.2) is 32.5 Å². The monoisotopic (exact) mass is 296 g/mol. The van der Waals surface area contributed by atoms with Crippen molar-refractivity contribution in [2.45, 2.75) is 19.3 Å². The van der Waals surface area contributed by atoms with Gasteiger partial charge in [-0.2, -0.15) is 12.6 Å². The summed E-state index contributed by atoms with van der Waals surface area (Å²) >= 11 is 4.41. The standard InChI is InChI=1S/C15H20O4S/c1-17-11-4-5-12(14(16)18-2)13(8-11)19-9-15(10-20)6-3-7-15/h4-5,8,20H,3,6-7,9-10H2,1-2H3. The summed E-state index contributed by atoms with van der Waals surface area (Å²) < 4.78 is 15.8. The van der Waals surface area contributed by atoms with E-state index in [-0.39, 0.29) is 5.41 Å². The van der Waals surface area contributed by atoms with Gasteiger partial charge in [0.2, 0.25) is 0 Å². The topological polar surface area (TPSA) is 44.8 Å². The second kappa shape index (κ2) is 6.39. The second-order valence-corrected chi connectivity index (χ2v) is 5.47. The summed E-state index contributed by atoms with van der Waals surface area (Å²) in [6.07, 6.45) is 3.45. The molecule has 1 fully saturated rings. The normalized spacial score (nSPS) is 16.1. The molecule has 0 spiro atoms. The molecule has 0 aliphatic heterocycles. The van der Waals surface area contributed by atoms with Gasteiger partial charge in [0.25, 0.3) is 0 Å². The van der Waals surface area contributed by atoms with E-state index >= 15 is 0 Å². The van der Waals surface area contributed by atoms with E-state index < -0.39 is 5.97 Å². The Morgan fingerprint density at radius 2 is 2.10 bits per heavy atom. The molecule has 0 atom stereocenters. The summed E-state index contributed by atoms with van der Waals surface area (Å²) in [5.41, 5.74) is 0.557. The maximum Gasteiger partial charge on any atom is 0.341 e. The molecule has 4 nitrogen and oxygen atoms in total. The predicted molar refractivity (Wildman–Crippen MR) is 80.0 cm³/mol. The fourth-order valence-corrected chi connectivity index (χ4v) is 2.69. The molecule has 1 aliphatic rings. The van der Waals surface area contributed by atoms with Crippen LogP contribution in [0.1, 0.15) is 29.6 Å². The third-order valence-corrected chi connectivity index (χ3v) is 4.55. The largest absolute Gasteiger partial charge is 0.497 e. The Kier molecular flexibility index (Phi) is 4.81. The van der Waals surface area contributed by atoms with Gasteiger partial charge in [-0.1, -0.05) is 6.42 Å². The average molecular weight is 296 g/mol. The zero-order valence-electron chi connectivity index (χ0n) is 11.8. The number of hydrogen-bond acceptors (Lipinski definition) is 5. The number of ether oxygens (including phenoxy) is 3. The highest BCUT2D eigenvalue weighted by Crippen LogP contribution is 2.42. The highest BCUT2D eigenvalue weighted by molar-refractivity contribution is 7.80. The molecule has 0 bridgehead atoms. The predicted octanol–water partition coefficient (Wildman–Crippen LogP) is 2.96. The van der Waals surface area contributed by atoms with Gasteiger partial charge in [-0.3, -0.25) is 0 Å². The molecule has 1 aliphatic carbocycles. The molecule has 2 rings (SSSR count). The Hall–Kier alpha value is -1.36. The van der Waals surface area contributed by atoms with Crippen molar-refractivity contribution in [2.75, 3.05) is 26.6 Å². The fraction of sp³-hybridized carbons (Fsp3) is 0.533. The second-order valence-electron chi connectivity index (χ2n) is 5.15. The van der Waals surface area contributed by atoms with Crippen molar-refractivity contribution in [3.05, 3.63) is 23.8 Å². The van der Waals surface area contributed by atoms with E-state index in [1.165, 1.54) is 13.5 Å². The lowest BCUT2D eigenvalue weighted by Gasteiger charge is -2.40. The Balaban J connectivity index is 2.17. The van der Waals surface area contributed by atoms with Crippen molar-refractivity contribution in [3.8, 4) is 11.5 Å². The van der Waals surface area contributed by atoms with Gasteiger partial charge in [0.1, 0.15) is 17.1 Å². The molecular formula is C15H20O4S. The van der Waals surface area contributed by atoms with Crippen molar-refractivity contribution >= 4 is 18.6 Å². The van der Waals surface area contributed by atoms with E-state index in [0.717, 1.165) is 18.6 Å². The van der Waals surface area contributed by atoms with E-state index in [0.29, 0.717) is 23.7 Å². The van der Waals surface area contributed by atoms with Crippen LogP contribution >= 0.6 is 12.6 Å². The third-order valence-electron chi connectivity index (χ3n) is 3.88. The summed E-state index contributed by atoms with van der Waals surface area (Å²) in [7, 11) is 2.94. The summed E-state index contributed by atoms with van der Waals surface area (Å²) in [5, 5.41) is 0. The summed E-state index contributed by atoms with van der Waals surface area (Å²) in [5.74, 6) is 1.55. The Morgan fingerprint density at radius 3 is 2.60 bits per heavy atom. The molecule has 1 aromatic carbocycles. The molecular weight excluding hydrogens is 276 g/mol. The SMILES string of the molecule is COC(=O)c1ccc(OC)cc1OCC1(CS)CCC1. The van der Waals surface area contributed by atoms with Gasteiger partial charge in [0, 0.05) is 11.5 Å². The van der Waals surface area contributed by atoms with Crippen LogP contribution in [0.15, 0.2) is 18.2 Å². The Morgan fingerprint density at radius 1 is 1.35 bits per heavy atom. The van der Waals surface area contributed by atoms with Crippen LogP contribution < -0.4 is 9.47 Å². The number of rotatable bonds is 6. The Bertz CT molecular complexity index is 477. The van der Waals surface area contributed by atoms with Crippen LogP contribution in [0.4, 0.5) is 0 Å². The molecule has 0 unspecified atom stereocenters. The molecule has 0 N–H and O–H groups in total. The maximum absolute atomic E-state index is 11.8. The minimum Gasteiger partial charge on any atom is -0.497 e. The number of methoxy groups -OCH3 is 2. The number of carbonyl (C=O) groups excluding carboxylic acids is 1. The van der Waals surface area contributed by atoms with Crippen molar-refractivity contribution in [2.24, 2.45) is 5.41 Å². The molecule has 1 aromatic rings. The van der Waals surface area contributed by atoms with Crippen LogP contribution in [0.25, 0.3) is 0 Å². The summed E-state index contributed by atoms with van der Waals surface area (Å²) in [6, 6.07) is 5.10. The van der Waals surface area contributed by atoms with Crippen molar-refractivity contribution in [1.29, 1.82) is 0 Å². The number of carbonyl (C=O) groups is 1. The number of benzene rings is 1. The van der Waals surface area contributed by atoms with Crippen LogP contribution in [0.2, 0.25) is 0 Å². The lowest BCUT2D eigenvalue weighted by molar-refractivity contribution is 0.0578. The zero-order valence-corrected chi connectivity index (χ0v) is 12.7. The average Bonchev–Trinajstić information content (AvgIpc) is 2.45. The van der Waals surface area contributed by atoms with Gasteiger partial charge in [-0.25, -0.2) is 4.79 Å². The maximum atomic E-state index is 11.8. The first-order chi connectivity index (χ1) is 9.64. The molecule has 110 valence electrons. The molecule has 0 radical (unpaired) electrons. The number of esters is 1. The highest BCUT2D eigenvalue weighted by atomic mass is 32.1. The van der Waals surface area contributed by atoms with Crippen molar-refractivity contribution in [3.63, 3.8) is 0 Å². The van der Waals surface area contributed by atoms with Gasteiger partial charge in [-0.05, 0) is 30.7 Å². The molecule has 0 amide bonds. The molecule has 0 aromatic heterocycles.